The minimum Gasteiger partial charge on any atom is -0.444 e. The van der Waals surface area contributed by atoms with Crippen molar-refractivity contribution in [3.8, 4) is 0 Å². The molecule has 3 N–H and O–H groups in total. The van der Waals surface area contributed by atoms with Crippen molar-refractivity contribution < 1.29 is 14.3 Å². The molecule has 11 heteroatoms. The number of benzene rings is 1. The number of nitrogens with one attached hydrogen (secondary N) is 3. The van der Waals surface area contributed by atoms with E-state index in [4.69, 9.17) is 27.9 Å². The number of rotatable bonds is 4. The molecule has 2 heterocycles. The fourth-order valence-corrected chi connectivity index (χ4v) is 3.63. The SMILES string of the molecule is Cc1cc(NC2CCCN(C(=O)OC(C)(C)C)C2)nc(NC(=O)Nc2ccc(Cl)c(Cl)c2)n1. The predicted molar refractivity (Wildman–Crippen MR) is 130 cm³/mol. The van der Waals surface area contributed by atoms with Crippen LogP contribution in [-0.4, -0.2) is 51.7 Å². The van der Waals surface area contributed by atoms with Crippen LogP contribution in [0.15, 0.2) is 24.3 Å². The van der Waals surface area contributed by atoms with E-state index >= 15 is 0 Å². The lowest BCUT2D eigenvalue weighted by Gasteiger charge is -2.34. The average Bonchev–Trinajstić information content (AvgIpc) is 2.69. The van der Waals surface area contributed by atoms with Crippen LogP contribution in [0, 0.1) is 6.92 Å². The van der Waals surface area contributed by atoms with E-state index in [0.29, 0.717) is 40.3 Å². The summed E-state index contributed by atoms with van der Waals surface area (Å²) in [6, 6.07) is 6.05. The van der Waals surface area contributed by atoms with Gasteiger partial charge < -0.3 is 20.3 Å². The Morgan fingerprint density at radius 3 is 2.58 bits per heavy atom. The maximum Gasteiger partial charge on any atom is 0.410 e. The third-order valence-electron chi connectivity index (χ3n) is 4.68. The highest BCUT2D eigenvalue weighted by Crippen LogP contribution is 2.25. The zero-order valence-electron chi connectivity index (χ0n) is 19.0. The number of halogens is 2. The van der Waals surface area contributed by atoms with E-state index in [-0.39, 0.29) is 18.1 Å². The monoisotopic (exact) mass is 494 g/mol. The van der Waals surface area contributed by atoms with Crippen molar-refractivity contribution in [2.45, 2.75) is 52.2 Å². The number of urea groups is 1. The summed E-state index contributed by atoms with van der Waals surface area (Å²) in [4.78, 5) is 35.1. The number of piperidine rings is 1. The Bertz CT molecular complexity index is 1030. The van der Waals surface area contributed by atoms with Gasteiger partial charge in [0.15, 0.2) is 0 Å². The van der Waals surface area contributed by atoms with Crippen LogP contribution in [0.3, 0.4) is 0 Å². The van der Waals surface area contributed by atoms with Gasteiger partial charge in [-0.1, -0.05) is 23.2 Å². The van der Waals surface area contributed by atoms with Crippen LogP contribution in [0.2, 0.25) is 10.0 Å². The van der Waals surface area contributed by atoms with Gasteiger partial charge in [0, 0.05) is 36.6 Å². The Morgan fingerprint density at radius 2 is 1.88 bits per heavy atom. The summed E-state index contributed by atoms with van der Waals surface area (Å²) in [7, 11) is 0. The second kappa shape index (κ2) is 10.4. The molecule has 1 saturated heterocycles. The molecule has 1 unspecified atom stereocenters. The normalized spacial score (nSPS) is 16.2. The largest absolute Gasteiger partial charge is 0.444 e. The first-order valence-electron chi connectivity index (χ1n) is 10.6. The Balaban J connectivity index is 1.61. The molecule has 0 spiro atoms. The molecule has 1 atom stereocenters. The molecule has 1 aromatic heterocycles. The molecule has 2 aromatic rings. The van der Waals surface area contributed by atoms with E-state index in [1.165, 1.54) is 0 Å². The zero-order chi connectivity index (χ0) is 24.2. The zero-order valence-corrected chi connectivity index (χ0v) is 20.5. The molecule has 1 aromatic carbocycles. The van der Waals surface area contributed by atoms with Crippen molar-refractivity contribution in [2.24, 2.45) is 0 Å². The third-order valence-corrected chi connectivity index (χ3v) is 5.42. The molecule has 9 nitrogen and oxygen atoms in total. The summed E-state index contributed by atoms with van der Waals surface area (Å²) in [5, 5.41) is 9.36. The molecule has 0 saturated carbocycles. The van der Waals surface area contributed by atoms with Gasteiger partial charge in [0.2, 0.25) is 5.95 Å². The second-order valence-electron chi connectivity index (χ2n) is 8.84. The molecule has 3 rings (SSSR count). The van der Waals surface area contributed by atoms with Crippen LogP contribution in [0.5, 0.6) is 0 Å². The maximum atomic E-state index is 12.4. The number of hydrogen-bond acceptors (Lipinski definition) is 6. The molecule has 178 valence electrons. The number of likely N-dealkylation sites (tertiary alicyclic amines) is 1. The van der Waals surface area contributed by atoms with Gasteiger partial charge in [-0.05, 0) is 58.7 Å². The summed E-state index contributed by atoms with van der Waals surface area (Å²) in [5.41, 5.74) is 0.620. The first kappa shape index (κ1) is 24.9. The fourth-order valence-electron chi connectivity index (χ4n) is 3.33. The molecule has 3 amide bonds. The first-order valence-corrected chi connectivity index (χ1v) is 11.4. The van der Waals surface area contributed by atoms with Crippen LogP contribution < -0.4 is 16.0 Å². The van der Waals surface area contributed by atoms with Crippen LogP contribution in [0.1, 0.15) is 39.3 Å². The van der Waals surface area contributed by atoms with Crippen molar-refractivity contribution in [3.05, 3.63) is 40.0 Å². The van der Waals surface area contributed by atoms with Crippen LogP contribution in [-0.2, 0) is 4.74 Å². The number of carbonyl (C=O) groups excluding carboxylic acids is 2. The van der Waals surface area contributed by atoms with Crippen molar-refractivity contribution in [1.82, 2.24) is 14.9 Å². The van der Waals surface area contributed by atoms with Crippen molar-refractivity contribution in [2.75, 3.05) is 29.0 Å². The Kier molecular flexibility index (Phi) is 7.86. The van der Waals surface area contributed by atoms with E-state index in [9.17, 15) is 9.59 Å². The molecular formula is C22H28Cl2N6O3. The number of carbonyl (C=O) groups is 2. The number of nitrogens with zero attached hydrogens (tertiary/aromatic N) is 3. The average molecular weight is 495 g/mol. The standard InChI is InChI=1S/C22H28Cl2N6O3/c1-13-10-18(26-15-6-5-9-30(12-15)21(32)33-22(2,3)4)28-19(25-13)29-20(31)27-14-7-8-16(23)17(24)11-14/h7-8,10-11,15H,5-6,9,12H2,1-4H3,(H3,25,26,27,28,29,31). The third kappa shape index (κ3) is 7.64. The van der Waals surface area contributed by atoms with Crippen LogP contribution >= 0.6 is 23.2 Å². The van der Waals surface area contributed by atoms with E-state index in [0.717, 1.165) is 12.8 Å². The number of aryl methyl sites for hydroxylation is 1. The van der Waals surface area contributed by atoms with Crippen molar-refractivity contribution >= 4 is 52.8 Å². The Labute approximate surface area is 203 Å². The summed E-state index contributed by atoms with van der Waals surface area (Å²) in [6.07, 6.45) is 1.40. The fraction of sp³-hybridized carbons (Fsp3) is 0.455. The summed E-state index contributed by atoms with van der Waals surface area (Å²) in [6.45, 7) is 8.50. The Hall–Kier alpha value is -2.78. The van der Waals surface area contributed by atoms with Gasteiger partial charge in [-0.3, -0.25) is 5.32 Å². The molecule has 1 aliphatic heterocycles. The minimum absolute atomic E-state index is 0.00143. The highest BCUT2D eigenvalue weighted by atomic mass is 35.5. The van der Waals surface area contributed by atoms with E-state index < -0.39 is 11.6 Å². The smallest absolute Gasteiger partial charge is 0.410 e. The second-order valence-corrected chi connectivity index (χ2v) is 9.65. The lowest BCUT2D eigenvalue weighted by Crippen LogP contribution is -2.47. The molecule has 1 aliphatic rings. The topological polar surface area (TPSA) is 108 Å². The predicted octanol–water partition coefficient (Wildman–Crippen LogP) is 5.55. The van der Waals surface area contributed by atoms with Crippen molar-refractivity contribution in [3.63, 3.8) is 0 Å². The van der Waals surface area contributed by atoms with Gasteiger partial charge in [-0.2, -0.15) is 4.98 Å². The lowest BCUT2D eigenvalue weighted by atomic mass is 10.1. The highest BCUT2D eigenvalue weighted by molar-refractivity contribution is 6.42. The molecule has 1 fully saturated rings. The molecular weight excluding hydrogens is 467 g/mol. The molecule has 33 heavy (non-hydrogen) atoms. The van der Waals surface area contributed by atoms with Gasteiger partial charge in [0.05, 0.1) is 10.0 Å². The summed E-state index contributed by atoms with van der Waals surface area (Å²) in [5.74, 6) is 0.707. The van der Waals surface area contributed by atoms with E-state index in [1.54, 1.807) is 29.2 Å². The van der Waals surface area contributed by atoms with E-state index in [1.807, 2.05) is 27.7 Å². The van der Waals surface area contributed by atoms with Crippen molar-refractivity contribution in [1.29, 1.82) is 0 Å². The van der Waals surface area contributed by atoms with Crippen LogP contribution in [0.25, 0.3) is 0 Å². The minimum atomic E-state index is -0.542. The molecule has 0 bridgehead atoms. The number of anilines is 3. The van der Waals surface area contributed by atoms with Gasteiger partial charge in [-0.25, -0.2) is 14.6 Å². The summed E-state index contributed by atoms with van der Waals surface area (Å²) >= 11 is 11.9. The lowest BCUT2D eigenvalue weighted by molar-refractivity contribution is 0.0206. The van der Waals surface area contributed by atoms with Gasteiger partial charge in [0.1, 0.15) is 11.4 Å². The highest BCUT2D eigenvalue weighted by Gasteiger charge is 2.28. The number of amides is 3. The maximum absolute atomic E-state index is 12.4. The van der Waals surface area contributed by atoms with Gasteiger partial charge >= 0.3 is 12.1 Å². The Morgan fingerprint density at radius 1 is 1.12 bits per heavy atom. The number of ether oxygens (including phenoxy) is 1. The van der Waals surface area contributed by atoms with E-state index in [2.05, 4.69) is 25.9 Å². The van der Waals surface area contributed by atoms with Gasteiger partial charge in [-0.15, -0.1) is 0 Å². The van der Waals surface area contributed by atoms with Crippen LogP contribution in [0.4, 0.5) is 27.0 Å². The number of hydrogen-bond donors (Lipinski definition) is 3. The number of aromatic nitrogens is 2. The quantitative estimate of drug-likeness (QED) is 0.514. The molecule has 0 radical (unpaired) electrons. The summed E-state index contributed by atoms with van der Waals surface area (Å²) < 4.78 is 5.48. The molecule has 0 aliphatic carbocycles. The van der Waals surface area contributed by atoms with Gasteiger partial charge in [0.25, 0.3) is 0 Å². The first-order chi connectivity index (χ1) is 15.5.